The van der Waals surface area contributed by atoms with E-state index in [1.165, 1.54) is 24.8 Å². The number of hydrazine groups is 1. The Hall–Kier alpha value is -0.420. The fraction of sp³-hybridized carbons (Fsp3) is 0.538. The maximum Gasteiger partial charge on any atom is 0.0598 e. The van der Waals surface area contributed by atoms with E-state index in [1.54, 1.807) is 0 Å². The van der Waals surface area contributed by atoms with Gasteiger partial charge in [-0.3, -0.25) is 0 Å². The highest BCUT2D eigenvalue weighted by Gasteiger charge is 2.17. The normalized spacial score (nSPS) is 19.2. The van der Waals surface area contributed by atoms with Crippen LogP contribution >= 0.6 is 15.9 Å². The van der Waals surface area contributed by atoms with Crippen LogP contribution in [0.1, 0.15) is 30.9 Å². The second-order valence-corrected chi connectivity index (χ2v) is 5.34. The minimum absolute atomic E-state index is 0.198. The number of nitrogens with one attached hydrogen (secondary N) is 1. The fourth-order valence-corrected chi connectivity index (χ4v) is 2.81. The van der Waals surface area contributed by atoms with Crippen molar-refractivity contribution in [3.8, 4) is 0 Å². The van der Waals surface area contributed by atoms with Crippen LogP contribution in [0.4, 0.5) is 0 Å². The topological polar surface area (TPSA) is 41.3 Å². The smallest absolute Gasteiger partial charge is 0.0598 e. The number of benzene rings is 1. The van der Waals surface area contributed by atoms with Gasteiger partial charge in [0.05, 0.1) is 6.04 Å². The van der Waals surface area contributed by atoms with Crippen LogP contribution in [0.5, 0.6) is 0 Å². The first-order valence-corrected chi connectivity index (χ1v) is 7.06. The molecule has 2 rings (SSSR count). The molecule has 3 nitrogen and oxygen atoms in total. The first-order chi connectivity index (χ1) is 8.31. The molecule has 0 saturated carbocycles. The van der Waals surface area contributed by atoms with E-state index in [2.05, 4.69) is 44.6 Å². The highest BCUT2D eigenvalue weighted by molar-refractivity contribution is 9.10. The molecule has 0 aromatic heterocycles. The van der Waals surface area contributed by atoms with Crippen LogP contribution in [0.15, 0.2) is 28.7 Å². The molecule has 3 N–H and O–H groups in total. The van der Waals surface area contributed by atoms with Crippen molar-refractivity contribution < 1.29 is 0 Å². The quantitative estimate of drug-likeness (QED) is 0.897. The van der Waals surface area contributed by atoms with Gasteiger partial charge in [0, 0.05) is 24.1 Å². The third-order valence-electron chi connectivity index (χ3n) is 3.21. The average Bonchev–Trinajstić information content (AvgIpc) is 2.38. The van der Waals surface area contributed by atoms with Gasteiger partial charge in [-0.25, -0.2) is 10.4 Å². The molecule has 94 valence electrons. The lowest BCUT2D eigenvalue weighted by atomic mass is 10.1. The number of halogens is 1. The zero-order valence-electron chi connectivity index (χ0n) is 10.0. The molecule has 17 heavy (non-hydrogen) atoms. The van der Waals surface area contributed by atoms with E-state index in [0.717, 1.165) is 17.6 Å². The van der Waals surface area contributed by atoms with E-state index in [0.29, 0.717) is 6.54 Å². The number of nitrogens with zero attached hydrogens (tertiary/aromatic N) is 1. The Morgan fingerprint density at radius 2 is 1.94 bits per heavy atom. The first-order valence-electron chi connectivity index (χ1n) is 6.27. The Labute approximate surface area is 111 Å². The molecule has 1 saturated heterocycles. The van der Waals surface area contributed by atoms with E-state index in [4.69, 9.17) is 5.73 Å². The second kappa shape index (κ2) is 6.50. The van der Waals surface area contributed by atoms with Crippen LogP contribution in [-0.4, -0.2) is 24.6 Å². The van der Waals surface area contributed by atoms with Gasteiger partial charge in [-0.05, 0) is 24.5 Å². The van der Waals surface area contributed by atoms with Crippen LogP contribution in [0.25, 0.3) is 0 Å². The summed E-state index contributed by atoms with van der Waals surface area (Å²) >= 11 is 3.59. The van der Waals surface area contributed by atoms with Crippen molar-refractivity contribution in [2.75, 3.05) is 19.6 Å². The van der Waals surface area contributed by atoms with Crippen molar-refractivity contribution in [3.05, 3.63) is 34.3 Å². The zero-order valence-corrected chi connectivity index (χ0v) is 11.6. The highest BCUT2D eigenvalue weighted by atomic mass is 79.9. The van der Waals surface area contributed by atoms with Gasteiger partial charge in [-0.1, -0.05) is 40.5 Å². The third kappa shape index (κ3) is 3.52. The number of piperidine rings is 1. The molecule has 0 radical (unpaired) electrons. The van der Waals surface area contributed by atoms with Gasteiger partial charge in [0.1, 0.15) is 0 Å². The van der Waals surface area contributed by atoms with E-state index in [-0.39, 0.29) is 6.04 Å². The lowest BCUT2D eigenvalue weighted by Crippen LogP contribution is -2.45. The van der Waals surface area contributed by atoms with Gasteiger partial charge in [-0.15, -0.1) is 0 Å². The molecule has 1 fully saturated rings. The highest BCUT2D eigenvalue weighted by Crippen LogP contribution is 2.23. The zero-order chi connectivity index (χ0) is 12.1. The Morgan fingerprint density at radius 1 is 1.24 bits per heavy atom. The molecule has 0 aliphatic carbocycles. The van der Waals surface area contributed by atoms with E-state index >= 15 is 0 Å². The van der Waals surface area contributed by atoms with Crippen molar-refractivity contribution in [1.82, 2.24) is 10.4 Å². The maximum absolute atomic E-state index is 5.88. The Kier molecular flexibility index (Phi) is 4.98. The maximum atomic E-state index is 5.88. The van der Waals surface area contributed by atoms with Crippen molar-refractivity contribution in [2.24, 2.45) is 5.73 Å². The van der Waals surface area contributed by atoms with Crippen molar-refractivity contribution in [1.29, 1.82) is 0 Å². The van der Waals surface area contributed by atoms with Gasteiger partial charge >= 0.3 is 0 Å². The largest absolute Gasteiger partial charge is 0.329 e. The molecule has 0 amide bonds. The van der Waals surface area contributed by atoms with Crippen LogP contribution in [0.3, 0.4) is 0 Å². The molecule has 1 aromatic rings. The van der Waals surface area contributed by atoms with Gasteiger partial charge < -0.3 is 5.73 Å². The van der Waals surface area contributed by atoms with Crippen molar-refractivity contribution in [3.63, 3.8) is 0 Å². The molecular weight excluding hydrogens is 278 g/mol. The molecule has 1 aliphatic heterocycles. The van der Waals surface area contributed by atoms with Crippen LogP contribution in [0, 0.1) is 0 Å². The fourth-order valence-electron chi connectivity index (χ4n) is 2.25. The first kappa shape index (κ1) is 13.0. The summed E-state index contributed by atoms with van der Waals surface area (Å²) in [5.74, 6) is 0. The number of hydrogen-bond donors (Lipinski definition) is 2. The van der Waals surface area contributed by atoms with E-state index in [9.17, 15) is 0 Å². The molecule has 1 atom stereocenters. The summed E-state index contributed by atoms with van der Waals surface area (Å²) in [6.45, 7) is 2.86. The second-order valence-electron chi connectivity index (χ2n) is 4.49. The standard InChI is InChI=1S/C13H20BrN3/c14-12-7-3-2-6-11(12)13(10-15)16-17-8-4-1-5-9-17/h2-3,6-7,13,16H,1,4-5,8-10,15H2. The summed E-state index contributed by atoms with van der Waals surface area (Å²) in [7, 11) is 0. The average molecular weight is 298 g/mol. The molecule has 0 spiro atoms. The lowest BCUT2D eigenvalue weighted by molar-refractivity contribution is 0.130. The molecule has 1 unspecified atom stereocenters. The summed E-state index contributed by atoms with van der Waals surface area (Å²) in [6.07, 6.45) is 3.90. The minimum atomic E-state index is 0.198. The summed E-state index contributed by atoms with van der Waals surface area (Å²) in [4.78, 5) is 0. The molecule has 0 bridgehead atoms. The molecule has 4 heteroatoms. The van der Waals surface area contributed by atoms with Crippen LogP contribution in [-0.2, 0) is 0 Å². The molecular formula is C13H20BrN3. The minimum Gasteiger partial charge on any atom is -0.329 e. The van der Waals surface area contributed by atoms with E-state index in [1.807, 2.05) is 6.07 Å². The summed E-state index contributed by atoms with van der Waals surface area (Å²) < 4.78 is 1.12. The van der Waals surface area contributed by atoms with E-state index < -0.39 is 0 Å². The van der Waals surface area contributed by atoms with Gasteiger partial charge in [-0.2, -0.15) is 0 Å². The number of rotatable bonds is 4. The molecule has 1 aromatic carbocycles. The predicted molar refractivity (Wildman–Crippen MR) is 74.5 cm³/mol. The van der Waals surface area contributed by atoms with Crippen LogP contribution in [0.2, 0.25) is 0 Å². The Balaban J connectivity index is 2.03. The molecule has 1 aliphatic rings. The summed E-state index contributed by atoms with van der Waals surface area (Å²) in [5, 5.41) is 2.31. The number of hydrogen-bond acceptors (Lipinski definition) is 3. The Bertz CT molecular complexity index is 350. The number of nitrogens with two attached hydrogens (primary N) is 1. The monoisotopic (exact) mass is 297 g/mol. The summed E-state index contributed by atoms with van der Waals surface area (Å²) in [6, 6.07) is 8.47. The van der Waals surface area contributed by atoms with Crippen molar-refractivity contribution >= 4 is 15.9 Å². The molecule has 1 heterocycles. The SMILES string of the molecule is NCC(NN1CCCCC1)c1ccccc1Br. The Morgan fingerprint density at radius 3 is 2.59 bits per heavy atom. The third-order valence-corrected chi connectivity index (χ3v) is 3.93. The van der Waals surface area contributed by atoms with Gasteiger partial charge in [0.15, 0.2) is 0 Å². The van der Waals surface area contributed by atoms with Gasteiger partial charge in [0.2, 0.25) is 0 Å². The summed E-state index contributed by atoms with van der Waals surface area (Å²) in [5.41, 5.74) is 10.7. The van der Waals surface area contributed by atoms with Crippen LogP contribution < -0.4 is 11.2 Å². The predicted octanol–water partition coefficient (Wildman–Crippen LogP) is 2.44. The lowest BCUT2D eigenvalue weighted by Gasteiger charge is -2.31. The van der Waals surface area contributed by atoms with Crippen molar-refractivity contribution in [2.45, 2.75) is 25.3 Å². The van der Waals surface area contributed by atoms with Gasteiger partial charge in [0.25, 0.3) is 0 Å².